The fourth-order valence-corrected chi connectivity index (χ4v) is 5.57. The number of nitrogens with zero attached hydrogens (tertiary/aromatic N) is 5. The van der Waals surface area contributed by atoms with Crippen molar-refractivity contribution in [3.05, 3.63) is 111 Å². The van der Waals surface area contributed by atoms with Gasteiger partial charge in [0.25, 0.3) is 11.4 Å². The molecule has 5 rings (SSSR count). The summed E-state index contributed by atoms with van der Waals surface area (Å²) in [5.74, 6) is -0.440. The number of pyridine rings is 2. The molecule has 0 radical (unpaired) electrons. The molecule has 9 heteroatoms. The molecule has 0 bridgehead atoms. The Kier molecular flexibility index (Phi) is 7.42. The topological polar surface area (TPSA) is 66.0 Å². The number of fused-ring (bicyclic) bond motifs is 1. The highest BCUT2D eigenvalue weighted by Gasteiger charge is 2.38. The highest BCUT2D eigenvalue weighted by atomic mass is 19.1. The summed E-state index contributed by atoms with van der Waals surface area (Å²) in [6.45, 7) is 10.4. The van der Waals surface area contributed by atoms with Crippen molar-refractivity contribution in [1.82, 2.24) is 14.5 Å². The van der Waals surface area contributed by atoms with Crippen LogP contribution in [0.1, 0.15) is 30.5 Å². The average molecular weight is 530 g/mol. The van der Waals surface area contributed by atoms with Crippen molar-refractivity contribution in [2.24, 2.45) is 7.05 Å². The van der Waals surface area contributed by atoms with E-state index in [0.717, 1.165) is 11.1 Å². The summed E-state index contributed by atoms with van der Waals surface area (Å²) in [6, 6.07) is 17.0. The van der Waals surface area contributed by atoms with Crippen molar-refractivity contribution in [2.75, 3.05) is 24.6 Å². The number of anilines is 1. The van der Waals surface area contributed by atoms with Crippen molar-refractivity contribution in [2.45, 2.75) is 31.5 Å². The molecule has 1 saturated heterocycles. The van der Waals surface area contributed by atoms with Gasteiger partial charge in [-0.1, -0.05) is 30.8 Å². The fraction of sp³-hybridized carbons (Fsp3) is 0.300. The van der Waals surface area contributed by atoms with Crippen molar-refractivity contribution in [3.8, 4) is 0 Å². The lowest BCUT2D eigenvalue weighted by molar-refractivity contribution is 0.0970. The summed E-state index contributed by atoms with van der Waals surface area (Å²) < 4.78 is 29.2. The minimum atomic E-state index is -0.342. The molecule has 200 valence electrons. The maximum absolute atomic E-state index is 13.8. The summed E-state index contributed by atoms with van der Waals surface area (Å²) in [4.78, 5) is 25.3. The van der Waals surface area contributed by atoms with Gasteiger partial charge in [-0.2, -0.15) is 0 Å². The van der Waals surface area contributed by atoms with E-state index in [9.17, 15) is 18.7 Å². The number of hydrogen-bond acceptors (Lipinski definition) is 5. The van der Waals surface area contributed by atoms with Gasteiger partial charge in [0.2, 0.25) is 5.52 Å². The number of aromatic nitrogens is 2. The van der Waals surface area contributed by atoms with Crippen LogP contribution in [-0.4, -0.2) is 51.3 Å². The highest BCUT2D eigenvalue weighted by Crippen LogP contribution is 2.37. The molecule has 0 aliphatic carbocycles. The lowest BCUT2D eigenvalue weighted by Gasteiger charge is -2.49. The number of rotatable bonds is 6. The summed E-state index contributed by atoms with van der Waals surface area (Å²) in [5, 5.41) is 10.0. The zero-order chi connectivity index (χ0) is 27.7. The minimum absolute atomic E-state index is 0.0552. The van der Waals surface area contributed by atoms with Gasteiger partial charge in [-0.3, -0.25) is 9.69 Å². The fourth-order valence-electron chi connectivity index (χ4n) is 5.57. The van der Waals surface area contributed by atoms with Gasteiger partial charge >= 0.3 is 0 Å². The van der Waals surface area contributed by atoms with E-state index >= 15 is 0 Å². The van der Waals surface area contributed by atoms with Crippen LogP contribution in [0, 0.1) is 18.2 Å². The third-order valence-electron chi connectivity index (χ3n) is 7.53. The molecular formula is C30H29F2N5O2. The zero-order valence-electron chi connectivity index (χ0n) is 21.8. The molecule has 7 nitrogen and oxygen atoms in total. The first-order valence-corrected chi connectivity index (χ1v) is 12.8. The van der Waals surface area contributed by atoms with E-state index in [1.54, 1.807) is 49.5 Å². The van der Waals surface area contributed by atoms with E-state index in [2.05, 4.69) is 26.6 Å². The van der Waals surface area contributed by atoms with E-state index in [-0.39, 0.29) is 47.7 Å². The molecule has 1 N–H and O–H groups in total. The summed E-state index contributed by atoms with van der Waals surface area (Å²) >= 11 is 0. The van der Waals surface area contributed by atoms with Crippen LogP contribution in [0.25, 0.3) is 15.9 Å². The van der Waals surface area contributed by atoms with Crippen LogP contribution in [0.2, 0.25) is 0 Å². The standard InChI is InChI=1S/C30H29F2N5O2/c1-19-17-37(30(20-4-8-22(31)9-5-20)21-6-10-23(32)11-7-21)24(14-15-38)18-36(19)26-16-28(39)35(3)25-12-13-27(33-2)34-29(25)26/h4-13,16,19,24,30,38H,14-15,17-18H2,1,3H3/t19-,24+/m0/s1. The van der Waals surface area contributed by atoms with Gasteiger partial charge in [0, 0.05) is 44.9 Å². The molecular weight excluding hydrogens is 500 g/mol. The number of hydrogen-bond donors (Lipinski definition) is 1. The van der Waals surface area contributed by atoms with Crippen molar-refractivity contribution >= 4 is 22.5 Å². The molecule has 2 aromatic heterocycles. The molecule has 3 heterocycles. The lowest BCUT2D eigenvalue weighted by Crippen LogP contribution is -2.59. The van der Waals surface area contributed by atoms with Crippen molar-refractivity contribution in [1.29, 1.82) is 0 Å². The van der Waals surface area contributed by atoms with Gasteiger partial charge in [0.05, 0.1) is 17.2 Å². The van der Waals surface area contributed by atoms with E-state index in [4.69, 9.17) is 6.57 Å². The molecule has 1 aliphatic heterocycles. The van der Waals surface area contributed by atoms with Crippen molar-refractivity contribution in [3.63, 3.8) is 0 Å². The van der Waals surface area contributed by atoms with Crippen molar-refractivity contribution < 1.29 is 13.9 Å². The first-order chi connectivity index (χ1) is 18.8. The molecule has 2 aromatic carbocycles. The molecule has 0 spiro atoms. The van der Waals surface area contributed by atoms with Gasteiger partial charge in [0.15, 0.2) is 0 Å². The van der Waals surface area contributed by atoms with Gasteiger partial charge in [-0.25, -0.2) is 8.78 Å². The van der Waals surface area contributed by atoms with Crippen LogP contribution >= 0.6 is 0 Å². The van der Waals surface area contributed by atoms with Gasteiger partial charge in [0.1, 0.15) is 11.6 Å². The first-order valence-electron chi connectivity index (χ1n) is 12.8. The normalized spacial score (nSPS) is 18.0. The van der Waals surface area contributed by atoms with E-state index in [0.29, 0.717) is 36.2 Å². The Morgan fingerprint density at radius 3 is 2.21 bits per heavy atom. The zero-order valence-corrected chi connectivity index (χ0v) is 21.8. The number of halogens is 2. The average Bonchev–Trinajstić information content (AvgIpc) is 2.94. The Hall–Kier alpha value is -4.13. The molecule has 0 amide bonds. The van der Waals surface area contributed by atoms with Crippen LogP contribution < -0.4 is 10.5 Å². The second kappa shape index (κ2) is 10.9. The smallest absolute Gasteiger partial charge is 0.270 e. The van der Waals surface area contributed by atoms with Gasteiger partial charge < -0.3 is 19.4 Å². The minimum Gasteiger partial charge on any atom is -0.396 e. The van der Waals surface area contributed by atoms with Crippen LogP contribution in [0.3, 0.4) is 0 Å². The van der Waals surface area contributed by atoms with Crippen LogP contribution in [0.15, 0.2) is 71.5 Å². The Labute approximate surface area is 225 Å². The molecule has 1 aliphatic rings. The van der Waals surface area contributed by atoms with Gasteiger partial charge in [-0.05, 0) is 60.9 Å². The predicted molar refractivity (Wildman–Crippen MR) is 147 cm³/mol. The SMILES string of the molecule is [C-]#[N+]c1ccc2c(n1)c(N1C[C@@H](CCO)N(C(c3ccc(F)cc3)c3ccc(F)cc3)C[C@@H]1C)cc(=O)n2C. The number of aliphatic hydroxyl groups excluding tert-OH is 1. The quantitative estimate of drug-likeness (QED) is 0.363. The van der Waals surface area contributed by atoms with E-state index in [1.807, 2.05) is 0 Å². The largest absolute Gasteiger partial charge is 0.396 e. The third kappa shape index (κ3) is 5.13. The van der Waals surface area contributed by atoms with E-state index in [1.165, 1.54) is 28.8 Å². The predicted octanol–water partition coefficient (Wildman–Crippen LogP) is 4.81. The summed E-state index contributed by atoms with van der Waals surface area (Å²) in [5.41, 5.74) is 3.38. The first kappa shape index (κ1) is 26.5. The summed E-state index contributed by atoms with van der Waals surface area (Å²) in [6.07, 6.45) is 0.450. The molecule has 1 fully saturated rings. The van der Waals surface area contributed by atoms with Crippen LogP contribution in [0.4, 0.5) is 20.3 Å². The number of aliphatic hydroxyl groups is 1. The molecule has 0 saturated carbocycles. The Morgan fingerprint density at radius 1 is 1.03 bits per heavy atom. The number of aryl methyl sites for hydroxylation is 1. The number of piperazine rings is 1. The van der Waals surface area contributed by atoms with E-state index < -0.39 is 0 Å². The Balaban J connectivity index is 1.59. The second-order valence-electron chi connectivity index (χ2n) is 9.95. The third-order valence-corrected chi connectivity index (χ3v) is 7.53. The van der Waals surface area contributed by atoms with Crippen LogP contribution in [-0.2, 0) is 7.05 Å². The monoisotopic (exact) mass is 529 g/mol. The number of benzene rings is 2. The molecule has 4 aromatic rings. The maximum Gasteiger partial charge on any atom is 0.270 e. The van der Waals surface area contributed by atoms with Crippen LogP contribution in [0.5, 0.6) is 0 Å². The Morgan fingerprint density at radius 2 is 1.64 bits per heavy atom. The molecule has 0 unspecified atom stereocenters. The molecule has 39 heavy (non-hydrogen) atoms. The maximum atomic E-state index is 13.8. The highest BCUT2D eigenvalue weighted by molar-refractivity contribution is 5.89. The summed E-state index contributed by atoms with van der Waals surface area (Å²) in [7, 11) is 1.68. The van der Waals surface area contributed by atoms with Gasteiger partial charge in [-0.15, -0.1) is 4.98 Å². The second-order valence-corrected chi connectivity index (χ2v) is 9.95. The molecule has 2 atom stereocenters. The lowest BCUT2D eigenvalue weighted by atomic mass is 9.92. The Bertz CT molecular complexity index is 1540.